The van der Waals surface area contributed by atoms with Crippen LogP contribution in [0, 0.1) is 0 Å². The molecule has 0 aliphatic carbocycles. The first-order valence-electron chi connectivity index (χ1n) is 1.63. The van der Waals surface area contributed by atoms with Crippen molar-refractivity contribution in [2.24, 2.45) is 5.14 Å². The van der Waals surface area contributed by atoms with Gasteiger partial charge in [-0.2, -0.15) is 0 Å². The SMILES string of the molecule is CS(C)(C)(N)=O. The smallest absolute Gasteiger partial charge is 0.00297 e. The molecule has 0 heterocycles. The highest BCUT2D eigenvalue weighted by Gasteiger charge is 2.05. The average molecular weight is 109 g/mol. The molecular weight excluding hydrogens is 98.1 g/mol. The van der Waals surface area contributed by atoms with Gasteiger partial charge in [-0.05, 0) is 0 Å². The minimum absolute atomic E-state index is 1.54. The molecule has 0 saturated heterocycles. The lowest BCUT2D eigenvalue weighted by atomic mass is 11.9. The fourth-order valence-corrected chi connectivity index (χ4v) is 0. The molecule has 0 aliphatic heterocycles. The fraction of sp³-hybridized carbons (Fsp3) is 1.00. The Morgan fingerprint density at radius 2 is 1.33 bits per heavy atom. The Kier molecular flexibility index (Phi) is 0.860. The minimum Gasteiger partial charge on any atom is -0.272 e. The van der Waals surface area contributed by atoms with Crippen molar-refractivity contribution in [2.45, 2.75) is 0 Å². The molecule has 0 bridgehead atoms. The van der Waals surface area contributed by atoms with E-state index < -0.39 is 9.25 Å². The van der Waals surface area contributed by atoms with E-state index in [-0.39, 0.29) is 0 Å². The molecule has 0 aliphatic rings. The van der Waals surface area contributed by atoms with Crippen LogP contribution in [0.25, 0.3) is 0 Å². The molecule has 40 valence electrons. The molecule has 0 amide bonds. The Morgan fingerprint density at radius 1 is 1.33 bits per heavy atom. The first-order chi connectivity index (χ1) is 2.24. The summed E-state index contributed by atoms with van der Waals surface area (Å²) in [5.74, 6) is 0. The van der Waals surface area contributed by atoms with Crippen LogP contribution in [0.4, 0.5) is 0 Å². The summed E-state index contributed by atoms with van der Waals surface area (Å²) in [7, 11) is -2.60. The monoisotopic (exact) mass is 109 g/mol. The van der Waals surface area contributed by atoms with Gasteiger partial charge < -0.3 is 0 Å². The van der Waals surface area contributed by atoms with Crippen LogP contribution in [0.15, 0.2) is 0 Å². The second-order valence-corrected chi connectivity index (χ2v) is 7.58. The van der Waals surface area contributed by atoms with E-state index in [1.54, 1.807) is 0 Å². The molecule has 0 saturated carbocycles. The summed E-state index contributed by atoms with van der Waals surface area (Å²) in [6.07, 6.45) is 4.62. The Morgan fingerprint density at radius 3 is 1.33 bits per heavy atom. The maximum absolute atomic E-state index is 10.6. The molecule has 2 nitrogen and oxygen atoms in total. The molecule has 0 aromatic rings. The maximum atomic E-state index is 10.6. The van der Waals surface area contributed by atoms with E-state index in [4.69, 9.17) is 5.14 Å². The van der Waals surface area contributed by atoms with Gasteiger partial charge in [-0.15, -0.1) is 0 Å². The normalized spacial score (nSPS) is 19.0. The summed E-state index contributed by atoms with van der Waals surface area (Å²) in [6, 6.07) is 0. The first kappa shape index (κ1) is 6.11. The molecule has 0 spiro atoms. The molecule has 6 heavy (non-hydrogen) atoms. The van der Waals surface area contributed by atoms with Crippen molar-refractivity contribution in [3.8, 4) is 0 Å². The van der Waals surface area contributed by atoms with Crippen molar-refractivity contribution in [1.82, 2.24) is 0 Å². The Bertz CT molecular complexity index is 88.5. The number of hydrogen-bond acceptors (Lipinski definition) is 1. The van der Waals surface area contributed by atoms with Crippen LogP contribution < -0.4 is 5.14 Å². The highest BCUT2D eigenvalue weighted by Crippen LogP contribution is 1.95. The van der Waals surface area contributed by atoms with Gasteiger partial charge in [0.15, 0.2) is 0 Å². The third-order valence-corrected chi connectivity index (χ3v) is 0. The molecule has 2 N–H and O–H groups in total. The van der Waals surface area contributed by atoms with Gasteiger partial charge in [0.25, 0.3) is 0 Å². The highest BCUT2D eigenvalue weighted by molar-refractivity contribution is 8.16. The van der Waals surface area contributed by atoms with Gasteiger partial charge in [-0.1, -0.05) is 9.25 Å². The summed E-state index contributed by atoms with van der Waals surface area (Å²) in [6.45, 7) is 0. The average Bonchev–Trinajstić information content (AvgIpc) is 0.650. The summed E-state index contributed by atoms with van der Waals surface area (Å²) >= 11 is 0. The standard InChI is InChI=1S/C3H11NOS/c1-6(2,3,4)5/h1-3H3,(H2,4,5). The summed E-state index contributed by atoms with van der Waals surface area (Å²) in [5.41, 5.74) is 0. The zero-order valence-corrected chi connectivity index (χ0v) is 5.21. The fourth-order valence-electron chi connectivity index (χ4n) is 0. The van der Waals surface area contributed by atoms with Crippen LogP contribution in [0.2, 0.25) is 0 Å². The van der Waals surface area contributed by atoms with E-state index in [2.05, 4.69) is 0 Å². The van der Waals surface area contributed by atoms with Crippen LogP contribution in [0.5, 0.6) is 0 Å². The topological polar surface area (TPSA) is 43.1 Å². The van der Waals surface area contributed by atoms with Gasteiger partial charge >= 0.3 is 0 Å². The van der Waals surface area contributed by atoms with Crippen LogP contribution in [0.1, 0.15) is 0 Å². The van der Waals surface area contributed by atoms with Gasteiger partial charge in [-0.3, -0.25) is 9.35 Å². The van der Waals surface area contributed by atoms with Gasteiger partial charge in [0.1, 0.15) is 0 Å². The second-order valence-electron chi connectivity index (χ2n) is 2.53. The molecule has 0 rings (SSSR count). The zero-order valence-electron chi connectivity index (χ0n) is 4.39. The molecule has 0 fully saturated rings. The molecule has 0 aromatic carbocycles. The summed E-state index contributed by atoms with van der Waals surface area (Å²) in [5, 5.41) is 5.15. The quantitative estimate of drug-likeness (QED) is 0.450. The molecule has 0 aromatic heterocycles. The molecular formula is C3H11NOS. The van der Waals surface area contributed by atoms with E-state index in [9.17, 15) is 4.21 Å². The predicted molar refractivity (Wildman–Crippen MR) is 30.1 cm³/mol. The van der Waals surface area contributed by atoms with Crippen molar-refractivity contribution in [3.63, 3.8) is 0 Å². The number of nitrogens with two attached hydrogens (primary N) is 1. The van der Waals surface area contributed by atoms with Crippen LogP contribution >= 0.6 is 0 Å². The lowest BCUT2D eigenvalue weighted by Crippen LogP contribution is -2.37. The van der Waals surface area contributed by atoms with E-state index in [1.165, 1.54) is 18.8 Å². The predicted octanol–water partition coefficient (Wildman–Crippen LogP) is -0.430. The minimum atomic E-state index is -2.60. The second kappa shape index (κ2) is 0.845. The van der Waals surface area contributed by atoms with Crippen molar-refractivity contribution >= 4 is 9.25 Å². The zero-order chi connectivity index (χ0) is 5.45. The van der Waals surface area contributed by atoms with Gasteiger partial charge in [0, 0.05) is 18.8 Å². The largest absolute Gasteiger partial charge is 0.272 e. The van der Waals surface area contributed by atoms with Gasteiger partial charge in [0.2, 0.25) is 0 Å². The highest BCUT2D eigenvalue weighted by atomic mass is 32.3. The molecule has 3 heteroatoms. The van der Waals surface area contributed by atoms with Crippen LogP contribution in [-0.4, -0.2) is 23.0 Å². The molecule has 0 unspecified atom stereocenters. The van der Waals surface area contributed by atoms with Crippen LogP contribution in [-0.2, 0) is 9.25 Å². The first-order valence-corrected chi connectivity index (χ1v) is 4.88. The lowest BCUT2D eigenvalue weighted by Gasteiger charge is -2.20. The third-order valence-electron chi connectivity index (χ3n) is 0. The van der Waals surface area contributed by atoms with Crippen LogP contribution in [0.3, 0.4) is 0 Å². The number of hydrogen-bond donors (Lipinski definition) is 1. The van der Waals surface area contributed by atoms with Gasteiger partial charge in [-0.25, -0.2) is 0 Å². The van der Waals surface area contributed by atoms with Crippen molar-refractivity contribution in [1.29, 1.82) is 0 Å². The van der Waals surface area contributed by atoms with Gasteiger partial charge in [0.05, 0.1) is 0 Å². The van der Waals surface area contributed by atoms with E-state index in [0.29, 0.717) is 0 Å². The third kappa shape index (κ3) is 3290. The Hall–Kier alpha value is 0.110. The van der Waals surface area contributed by atoms with E-state index in [1.807, 2.05) is 0 Å². The van der Waals surface area contributed by atoms with E-state index in [0.717, 1.165) is 0 Å². The molecule has 0 atom stereocenters. The van der Waals surface area contributed by atoms with Crippen molar-refractivity contribution in [3.05, 3.63) is 0 Å². The van der Waals surface area contributed by atoms with E-state index >= 15 is 0 Å². The maximum Gasteiger partial charge on any atom is 0.00297 e. The Balaban J connectivity index is 4.16. The van der Waals surface area contributed by atoms with Crippen molar-refractivity contribution in [2.75, 3.05) is 18.8 Å². The molecule has 0 radical (unpaired) electrons. The summed E-state index contributed by atoms with van der Waals surface area (Å²) in [4.78, 5) is 0. The number of rotatable bonds is 0. The summed E-state index contributed by atoms with van der Waals surface area (Å²) < 4.78 is 10.6. The lowest BCUT2D eigenvalue weighted by molar-refractivity contribution is 0.670. The van der Waals surface area contributed by atoms with Crippen molar-refractivity contribution < 1.29 is 4.21 Å². The Labute approximate surface area is 38.3 Å².